The monoisotopic (exact) mass is 368 g/mol. The molecule has 0 aliphatic rings. The standard InChI is InChI=1S/C17H12N4O6/c18-14-12(16(23)24)11(13(17(25)26)15(22)21-14)8-1-3-9(4-2-8)27-10-7-19-5-6-20-10/h1-7H,(H,23,24)(H,25,26)(H3,18,21,22). The van der Waals surface area contributed by atoms with Crippen LogP contribution in [0.15, 0.2) is 47.7 Å². The lowest BCUT2D eigenvalue weighted by molar-refractivity contribution is 0.0695. The van der Waals surface area contributed by atoms with Crippen molar-refractivity contribution in [2.24, 2.45) is 0 Å². The second-order valence-corrected chi connectivity index (χ2v) is 5.27. The van der Waals surface area contributed by atoms with Crippen LogP contribution in [-0.4, -0.2) is 37.1 Å². The maximum atomic E-state index is 12.0. The molecular weight excluding hydrogens is 356 g/mol. The van der Waals surface area contributed by atoms with Gasteiger partial charge in [-0.25, -0.2) is 14.6 Å². The smallest absolute Gasteiger partial charge is 0.342 e. The van der Waals surface area contributed by atoms with Crippen LogP contribution in [0, 0.1) is 0 Å². The Morgan fingerprint density at radius 2 is 1.70 bits per heavy atom. The van der Waals surface area contributed by atoms with Crippen molar-refractivity contribution in [3.63, 3.8) is 0 Å². The number of aromatic carboxylic acids is 2. The lowest BCUT2D eigenvalue weighted by atomic mass is 9.95. The summed E-state index contributed by atoms with van der Waals surface area (Å²) in [5.41, 5.74) is 3.25. The number of nitrogens with two attached hydrogens (primary N) is 1. The molecule has 136 valence electrons. The molecule has 0 atom stereocenters. The summed E-state index contributed by atoms with van der Waals surface area (Å²) in [6.45, 7) is 0. The minimum absolute atomic E-state index is 0.175. The predicted octanol–water partition coefficient (Wildman–Crippen LogP) is 1.60. The van der Waals surface area contributed by atoms with Crippen molar-refractivity contribution in [2.75, 3.05) is 5.73 Å². The Labute approximate surface area is 150 Å². The third kappa shape index (κ3) is 3.44. The number of nitrogens with one attached hydrogen (secondary N) is 1. The summed E-state index contributed by atoms with van der Waals surface area (Å²) in [7, 11) is 0. The second kappa shape index (κ2) is 6.96. The number of anilines is 1. The number of rotatable bonds is 5. The van der Waals surface area contributed by atoms with Crippen molar-refractivity contribution in [3.8, 4) is 22.8 Å². The number of hydrogen-bond acceptors (Lipinski definition) is 7. The maximum Gasteiger partial charge on any atom is 0.342 e. The van der Waals surface area contributed by atoms with Gasteiger partial charge in [-0.15, -0.1) is 0 Å². The van der Waals surface area contributed by atoms with E-state index in [1.165, 1.54) is 42.9 Å². The first-order valence-electron chi connectivity index (χ1n) is 7.45. The lowest BCUT2D eigenvalue weighted by Crippen LogP contribution is -2.24. The van der Waals surface area contributed by atoms with Gasteiger partial charge in [0.05, 0.1) is 6.20 Å². The first-order valence-corrected chi connectivity index (χ1v) is 7.45. The second-order valence-electron chi connectivity index (χ2n) is 5.27. The fraction of sp³-hybridized carbons (Fsp3) is 0. The van der Waals surface area contributed by atoms with Crippen LogP contribution in [0.1, 0.15) is 20.7 Å². The number of carbonyl (C=O) groups is 2. The van der Waals surface area contributed by atoms with Gasteiger partial charge in [-0.2, -0.15) is 0 Å². The van der Waals surface area contributed by atoms with E-state index in [1.807, 2.05) is 4.98 Å². The summed E-state index contributed by atoms with van der Waals surface area (Å²) in [5.74, 6) is -2.89. The molecule has 0 saturated carbocycles. The number of nitrogens with zero attached hydrogens (tertiary/aromatic N) is 2. The quantitative estimate of drug-likeness (QED) is 0.522. The minimum atomic E-state index is -1.58. The van der Waals surface area contributed by atoms with Gasteiger partial charge < -0.3 is 25.7 Å². The van der Waals surface area contributed by atoms with Crippen LogP contribution in [0.3, 0.4) is 0 Å². The summed E-state index contributed by atoms with van der Waals surface area (Å²) in [4.78, 5) is 45.0. The van der Waals surface area contributed by atoms with Crippen molar-refractivity contribution < 1.29 is 24.5 Å². The molecule has 1 aromatic carbocycles. The van der Waals surface area contributed by atoms with Gasteiger partial charge in [0.15, 0.2) is 0 Å². The highest BCUT2D eigenvalue weighted by atomic mass is 16.5. The zero-order valence-electron chi connectivity index (χ0n) is 13.5. The Kier molecular flexibility index (Phi) is 4.54. The summed E-state index contributed by atoms with van der Waals surface area (Å²) in [5, 5.41) is 18.8. The van der Waals surface area contributed by atoms with Crippen LogP contribution in [0.2, 0.25) is 0 Å². The van der Waals surface area contributed by atoms with Gasteiger partial charge in [0.25, 0.3) is 5.56 Å². The van der Waals surface area contributed by atoms with Crippen molar-refractivity contribution in [2.45, 2.75) is 0 Å². The molecule has 2 heterocycles. The number of carboxylic acids is 2. The molecule has 0 aliphatic carbocycles. The first kappa shape index (κ1) is 17.6. The third-order valence-corrected chi connectivity index (χ3v) is 3.58. The molecule has 0 bridgehead atoms. The van der Waals surface area contributed by atoms with Crippen molar-refractivity contribution in [3.05, 3.63) is 64.3 Å². The molecule has 0 fully saturated rings. The highest BCUT2D eigenvalue weighted by Gasteiger charge is 2.26. The van der Waals surface area contributed by atoms with Crippen LogP contribution < -0.4 is 16.0 Å². The summed E-state index contributed by atoms with van der Waals surface area (Å²) in [6, 6.07) is 5.77. The summed E-state index contributed by atoms with van der Waals surface area (Å²) >= 11 is 0. The molecule has 27 heavy (non-hydrogen) atoms. The van der Waals surface area contributed by atoms with Crippen LogP contribution in [0.5, 0.6) is 11.6 Å². The highest BCUT2D eigenvalue weighted by molar-refractivity contribution is 6.07. The molecule has 0 unspecified atom stereocenters. The molecule has 0 aliphatic heterocycles. The molecule has 0 amide bonds. The Bertz CT molecular complexity index is 1080. The number of nitrogen functional groups attached to an aromatic ring is 1. The highest BCUT2D eigenvalue weighted by Crippen LogP contribution is 2.31. The van der Waals surface area contributed by atoms with Gasteiger partial charge in [0.2, 0.25) is 5.88 Å². The molecule has 5 N–H and O–H groups in total. The van der Waals surface area contributed by atoms with E-state index in [-0.39, 0.29) is 17.0 Å². The van der Waals surface area contributed by atoms with E-state index in [4.69, 9.17) is 10.5 Å². The van der Waals surface area contributed by atoms with Gasteiger partial charge in [-0.3, -0.25) is 9.78 Å². The Balaban J connectivity index is 2.12. The average molecular weight is 368 g/mol. The van der Waals surface area contributed by atoms with Crippen molar-refractivity contribution >= 4 is 17.8 Å². The number of aromatic amines is 1. The fourth-order valence-corrected chi connectivity index (χ4v) is 2.48. The Hall–Kier alpha value is -4.21. The first-order chi connectivity index (χ1) is 12.9. The van der Waals surface area contributed by atoms with E-state index >= 15 is 0 Å². The zero-order valence-corrected chi connectivity index (χ0v) is 13.5. The number of pyridine rings is 1. The normalized spacial score (nSPS) is 10.4. The van der Waals surface area contributed by atoms with Crippen LogP contribution >= 0.6 is 0 Å². The van der Waals surface area contributed by atoms with Gasteiger partial charge in [0.1, 0.15) is 22.7 Å². The van der Waals surface area contributed by atoms with Crippen LogP contribution in [0.4, 0.5) is 5.82 Å². The van der Waals surface area contributed by atoms with Gasteiger partial charge in [-0.1, -0.05) is 12.1 Å². The van der Waals surface area contributed by atoms with E-state index < -0.39 is 34.4 Å². The summed E-state index contributed by atoms with van der Waals surface area (Å²) in [6.07, 6.45) is 4.32. The minimum Gasteiger partial charge on any atom is -0.478 e. The molecule has 0 saturated heterocycles. The van der Waals surface area contributed by atoms with Crippen molar-refractivity contribution in [1.29, 1.82) is 0 Å². The Morgan fingerprint density at radius 3 is 2.26 bits per heavy atom. The maximum absolute atomic E-state index is 12.0. The number of carboxylic acid groups (broad SMARTS) is 2. The number of benzene rings is 1. The van der Waals surface area contributed by atoms with E-state index in [2.05, 4.69) is 9.97 Å². The number of ether oxygens (including phenoxy) is 1. The van der Waals surface area contributed by atoms with E-state index in [0.29, 0.717) is 5.75 Å². The number of hydrogen-bond donors (Lipinski definition) is 4. The molecule has 0 radical (unpaired) electrons. The van der Waals surface area contributed by atoms with Crippen LogP contribution in [-0.2, 0) is 0 Å². The van der Waals surface area contributed by atoms with Crippen molar-refractivity contribution in [1.82, 2.24) is 15.0 Å². The Morgan fingerprint density at radius 1 is 1.04 bits per heavy atom. The third-order valence-electron chi connectivity index (χ3n) is 3.58. The fourth-order valence-electron chi connectivity index (χ4n) is 2.48. The number of aromatic nitrogens is 3. The van der Waals surface area contributed by atoms with Gasteiger partial charge >= 0.3 is 11.9 Å². The molecule has 2 aromatic heterocycles. The molecule has 10 nitrogen and oxygen atoms in total. The average Bonchev–Trinajstić information content (AvgIpc) is 2.62. The van der Waals surface area contributed by atoms with Gasteiger partial charge in [0, 0.05) is 18.0 Å². The van der Waals surface area contributed by atoms with E-state index in [9.17, 15) is 24.6 Å². The van der Waals surface area contributed by atoms with E-state index in [0.717, 1.165) is 0 Å². The van der Waals surface area contributed by atoms with Crippen LogP contribution in [0.25, 0.3) is 11.1 Å². The molecular formula is C17H12N4O6. The predicted molar refractivity (Wildman–Crippen MR) is 92.9 cm³/mol. The lowest BCUT2D eigenvalue weighted by Gasteiger charge is -2.12. The molecule has 0 spiro atoms. The van der Waals surface area contributed by atoms with E-state index in [1.54, 1.807) is 0 Å². The molecule has 3 aromatic rings. The number of H-pyrrole nitrogens is 1. The summed E-state index contributed by atoms with van der Waals surface area (Å²) < 4.78 is 5.47. The molecule has 10 heteroatoms. The SMILES string of the molecule is Nc1[nH]c(=O)c(C(=O)O)c(-c2ccc(Oc3cnccn3)cc2)c1C(=O)O. The largest absolute Gasteiger partial charge is 0.478 e. The van der Waals surface area contributed by atoms with Gasteiger partial charge in [-0.05, 0) is 17.7 Å². The molecule has 3 rings (SSSR count). The topological polar surface area (TPSA) is 168 Å². The zero-order chi connectivity index (χ0) is 19.6.